The fourth-order valence-electron chi connectivity index (χ4n) is 3.01. The SMILES string of the molecule is Cc1sc2ncn(CC(=O)c3ccc4c(c3)NC(=O)[C@H](C)O4)c(=O)c2c1C. The van der Waals surface area contributed by atoms with E-state index in [0.717, 1.165) is 10.4 Å². The lowest BCUT2D eigenvalue weighted by Crippen LogP contribution is -2.34. The third kappa shape index (κ3) is 2.91. The van der Waals surface area contributed by atoms with Gasteiger partial charge in [-0.25, -0.2) is 4.98 Å². The number of carbonyl (C=O) groups excluding carboxylic acids is 2. The average Bonchev–Trinajstić information content (AvgIpc) is 2.93. The number of nitrogens with zero attached hydrogens (tertiary/aromatic N) is 2. The van der Waals surface area contributed by atoms with Gasteiger partial charge >= 0.3 is 0 Å². The number of fused-ring (bicyclic) bond motifs is 2. The van der Waals surface area contributed by atoms with E-state index in [0.29, 0.717) is 27.2 Å². The molecule has 3 heterocycles. The third-order valence-corrected chi connectivity index (χ3v) is 5.82. The predicted octanol–water partition coefficient (Wildman–Crippen LogP) is 2.68. The second-order valence-electron chi connectivity index (χ2n) is 6.52. The molecule has 138 valence electrons. The fourth-order valence-corrected chi connectivity index (χ4v) is 4.00. The van der Waals surface area contributed by atoms with Gasteiger partial charge in [-0.3, -0.25) is 19.0 Å². The summed E-state index contributed by atoms with van der Waals surface area (Å²) in [5.41, 5.74) is 1.52. The number of aromatic nitrogens is 2. The van der Waals surface area contributed by atoms with Crippen molar-refractivity contribution in [3.8, 4) is 5.75 Å². The van der Waals surface area contributed by atoms with Crippen molar-refractivity contribution in [2.75, 3.05) is 5.32 Å². The van der Waals surface area contributed by atoms with E-state index in [-0.39, 0.29) is 23.8 Å². The van der Waals surface area contributed by atoms with Crippen LogP contribution in [0.4, 0.5) is 5.69 Å². The van der Waals surface area contributed by atoms with E-state index < -0.39 is 6.10 Å². The van der Waals surface area contributed by atoms with E-state index in [1.54, 1.807) is 25.1 Å². The molecule has 0 fully saturated rings. The van der Waals surface area contributed by atoms with E-state index in [1.807, 2.05) is 13.8 Å². The molecule has 1 N–H and O–H groups in total. The molecule has 0 radical (unpaired) electrons. The van der Waals surface area contributed by atoms with Crippen molar-refractivity contribution in [3.05, 3.63) is 50.9 Å². The summed E-state index contributed by atoms with van der Waals surface area (Å²) in [6.07, 6.45) is 0.830. The van der Waals surface area contributed by atoms with Crippen LogP contribution in [-0.4, -0.2) is 27.3 Å². The van der Waals surface area contributed by atoms with E-state index in [4.69, 9.17) is 4.74 Å². The van der Waals surface area contributed by atoms with E-state index >= 15 is 0 Å². The number of rotatable bonds is 3. The number of aryl methyl sites for hydroxylation is 2. The van der Waals surface area contributed by atoms with Crippen LogP contribution in [0.1, 0.15) is 27.7 Å². The van der Waals surface area contributed by atoms with Gasteiger partial charge in [-0.1, -0.05) is 0 Å². The summed E-state index contributed by atoms with van der Waals surface area (Å²) in [4.78, 5) is 43.2. The van der Waals surface area contributed by atoms with Crippen LogP contribution >= 0.6 is 11.3 Å². The Morgan fingerprint density at radius 3 is 2.89 bits per heavy atom. The summed E-state index contributed by atoms with van der Waals surface area (Å²) in [5, 5.41) is 3.28. The third-order valence-electron chi connectivity index (χ3n) is 4.70. The number of hydrogen-bond acceptors (Lipinski definition) is 6. The van der Waals surface area contributed by atoms with Gasteiger partial charge in [0.15, 0.2) is 11.9 Å². The lowest BCUT2D eigenvalue weighted by Gasteiger charge is -2.23. The second-order valence-corrected chi connectivity index (χ2v) is 7.73. The minimum absolute atomic E-state index is 0.125. The van der Waals surface area contributed by atoms with Gasteiger partial charge in [0.25, 0.3) is 11.5 Å². The summed E-state index contributed by atoms with van der Waals surface area (Å²) >= 11 is 1.47. The van der Waals surface area contributed by atoms with Gasteiger partial charge in [0.2, 0.25) is 0 Å². The molecule has 0 bridgehead atoms. The molecule has 0 saturated carbocycles. The molecule has 0 unspecified atom stereocenters. The predicted molar refractivity (Wildman–Crippen MR) is 103 cm³/mol. The van der Waals surface area contributed by atoms with Gasteiger partial charge in [0.05, 0.1) is 23.9 Å². The highest BCUT2D eigenvalue weighted by molar-refractivity contribution is 7.18. The zero-order chi connectivity index (χ0) is 19.3. The first-order valence-electron chi connectivity index (χ1n) is 8.45. The van der Waals surface area contributed by atoms with Crippen LogP contribution in [0.2, 0.25) is 0 Å². The summed E-state index contributed by atoms with van der Waals surface area (Å²) < 4.78 is 6.81. The second kappa shape index (κ2) is 6.31. The molecule has 1 aliphatic rings. The first-order valence-corrected chi connectivity index (χ1v) is 9.26. The largest absolute Gasteiger partial charge is 0.479 e. The van der Waals surface area contributed by atoms with Crippen molar-refractivity contribution in [2.45, 2.75) is 33.4 Å². The Hall–Kier alpha value is -3.00. The minimum Gasteiger partial charge on any atom is -0.479 e. The van der Waals surface area contributed by atoms with Crippen molar-refractivity contribution in [1.82, 2.24) is 9.55 Å². The van der Waals surface area contributed by atoms with Crippen LogP contribution in [0.15, 0.2) is 29.3 Å². The molecule has 7 nitrogen and oxygen atoms in total. The molecule has 1 aliphatic heterocycles. The van der Waals surface area contributed by atoms with Gasteiger partial charge in [0, 0.05) is 10.4 Å². The summed E-state index contributed by atoms with van der Waals surface area (Å²) in [6, 6.07) is 4.84. The molecule has 0 saturated heterocycles. The van der Waals surface area contributed by atoms with Crippen LogP contribution in [0.5, 0.6) is 5.75 Å². The van der Waals surface area contributed by atoms with Gasteiger partial charge in [-0.2, -0.15) is 0 Å². The first-order chi connectivity index (χ1) is 12.8. The Labute approximate surface area is 158 Å². The van der Waals surface area contributed by atoms with Crippen molar-refractivity contribution < 1.29 is 14.3 Å². The van der Waals surface area contributed by atoms with Gasteiger partial charge in [0.1, 0.15) is 10.6 Å². The Bertz CT molecular complexity index is 1160. The van der Waals surface area contributed by atoms with Gasteiger partial charge in [-0.05, 0) is 44.5 Å². The minimum atomic E-state index is -0.576. The Morgan fingerprint density at radius 2 is 2.11 bits per heavy atom. The fraction of sp³-hybridized carbons (Fsp3) is 0.263. The number of nitrogens with one attached hydrogen (secondary N) is 1. The number of ether oxygens (including phenoxy) is 1. The maximum atomic E-state index is 12.7. The number of benzene rings is 1. The van der Waals surface area contributed by atoms with Gasteiger partial charge < -0.3 is 10.1 Å². The van der Waals surface area contributed by atoms with Crippen LogP contribution < -0.4 is 15.6 Å². The number of hydrogen-bond donors (Lipinski definition) is 1. The maximum Gasteiger partial charge on any atom is 0.265 e. The van der Waals surface area contributed by atoms with Gasteiger partial charge in [-0.15, -0.1) is 11.3 Å². The Morgan fingerprint density at radius 1 is 1.33 bits per heavy atom. The molecule has 27 heavy (non-hydrogen) atoms. The zero-order valence-corrected chi connectivity index (χ0v) is 15.8. The molecular weight excluding hydrogens is 366 g/mol. The highest BCUT2D eigenvalue weighted by Crippen LogP contribution is 2.30. The van der Waals surface area contributed by atoms with E-state index in [1.165, 1.54) is 22.2 Å². The molecule has 3 aromatic rings. The lowest BCUT2D eigenvalue weighted by atomic mass is 10.1. The first kappa shape index (κ1) is 17.4. The molecule has 1 aromatic carbocycles. The molecule has 8 heteroatoms. The van der Waals surface area contributed by atoms with Crippen molar-refractivity contribution in [3.63, 3.8) is 0 Å². The van der Waals surface area contributed by atoms with Crippen LogP contribution in [0.25, 0.3) is 10.2 Å². The van der Waals surface area contributed by atoms with Crippen molar-refractivity contribution in [1.29, 1.82) is 0 Å². The number of carbonyl (C=O) groups is 2. The zero-order valence-electron chi connectivity index (χ0n) is 15.0. The highest BCUT2D eigenvalue weighted by Gasteiger charge is 2.24. The molecule has 0 spiro atoms. The lowest BCUT2D eigenvalue weighted by molar-refractivity contribution is -0.122. The molecule has 2 aromatic heterocycles. The monoisotopic (exact) mass is 383 g/mol. The summed E-state index contributed by atoms with van der Waals surface area (Å²) in [7, 11) is 0. The van der Waals surface area contributed by atoms with Crippen LogP contribution in [0.3, 0.4) is 0 Å². The molecule has 4 rings (SSSR count). The Kier molecular flexibility index (Phi) is 4.07. The number of amides is 1. The average molecular weight is 383 g/mol. The van der Waals surface area contributed by atoms with Crippen molar-refractivity contribution in [2.24, 2.45) is 0 Å². The standard InChI is InChI=1S/C19H17N3O4S/c1-9-11(3)27-18-16(9)19(25)22(8-20-18)7-14(23)12-4-5-15-13(6-12)21-17(24)10(2)26-15/h4-6,8,10H,7H2,1-3H3,(H,21,24)/t10-/m0/s1. The number of anilines is 1. The number of ketones is 1. The molecular formula is C19H17N3O4S. The number of Topliss-reactive ketones (excluding diaryl/α,β-unsaturated/α-hetero) is 1. The van der Waals surface area contributed by atoms with Crippen LogP contribution in [0, 0.1) is 13.8 Å². The smallest absolute Gasteiger partial charge is 0.265 e. The Balaban J connectivity index is 1.65. The van der Waals surface area contributed by atoms with Crippen LogP contribution in [-0.2, 0) is 11.3 Å². The van der Waals surface area contributed by atoms with E-state index in [9.17, 15) is 14.4 Å². The maximum absolute atomic E-state index is 12.7. The molecule has 1 amide bonds. The normalized spacial score (nSPS) is 16.0. The highest BCUT2D eigenvalue weighted by atomic mass is 32.1. The quantitative estimate of drug-likeness (QED) is 0.702. The molecule has 0 aliphatic carbocycles. The summed E-state index contributed by atoms with van der Waals surface area (Å²) in [5.74, 6) is 0.00285. The number of thiophene rings is 1. The van der Waals surface area contributed by atoms with Crippen molar-refractivity contribution >= 4 is 38.9 Å². The summed E-state index contributed by atoms with van der Waals surface area (Å²) in [6.45, 7) is 5.36. The van der Waals surface area contributed by atoms with E-state index in [2.05, 4.69) is 10.3 Å². The topological polar surface area (TPSA) is 90.3 Å². The molecule has 1 atom stereocenters.